The molecule has 1 aliphatic heterocycles. The molecular formula is C17H17FN2O5. The number of halogens is 1. The molecule has 1 aromatic heterocycles. The van der Waals surface area contributed by atoms with Crippen molar-refractivity contribution in [1.29, 1.82) is 0 Å². The van der Waals surface area contributed by atoms with Crippen LogP contribution in [0, 0.1) is 12.7 Å². The number of carbonyl (C=O) groups excluding carboxylic acids is 2. The van der Waals surface area contributed by atoms with Gasteiger partial charge in [-0.2, -0.15) is 0 Å². The molecule has 25 heavy (non-hydrogen) atoms. The first-order chi connectivity index (χ1) is 12.0. The average Bonchev–Trinajstić information content (AvgIpc) is 3.04. The fourth-order valence-electron chi connectivity index (χ4n) is 2.37. The predicted molar refractivity (Wildman–Crippen MR) is 87.0 cm³/mol. The van der Waals surface area contributed by atoms with E-state index >= 15 is 0 Å². The lowest BCUT2D eigenvalue weighted by atomic mass is 10.2. The molecule has 0 unspecified atom stereocenters. The Labute approximate surface area is 143 Å². The van der Waals surface area contributed by atoms with Crippen LogP contribution in [0.5, 0.6) is 0 Å². The van der Waals surface area contributed by atoms with E-state index in [1.165, 1.54) is 24.5 Å². The van der Waals surface area contributed by atoms with E-state index in [9.17, 15) is 14.0 Å². The maximum atomic E-state index is 14.0. The molecule has 1 aromatic carbocycles. The maximum Gasteiger partial charge on any atom is 0.259 e. The van der Waals surface area contributed by atoms with Gasteiger partial charge in [-0.05, 0) is 31.2 Å². The molecule has 132 valence electrons. The molecule has 7 nitrogen and oxygen atoms in total. The summed E-state index contributed by atoms with van der Waals surface area (Å²) in [5.41, 5.74) is 0.589. The highest BCUT2D eigenvalue weighted by Gasteiger charge is 2.23. The molecule has 0 bridgehead atoms. The smallest absolute Gasteiger partial charge is 0.259 e. The van der Waals surface area contributed by atoms with Gasteiger partial charge in [0.15, 0.2) is 6.10 Å². The van der Waals surface area contributed by atoms with Crippen LogP contribution in [0.3, 0.4) is 0 Å². The zero-order valence-electron chi connectivity index (χ0n) is 13.5. The lowest BCUT2D eigenvalue weighted by Crippen LogP contribution is -2.39. The first-order valence-electron chi connectivity index (χ1n) is 7.70. The summed E-state index contributed by atoms with van der Waals surface area (Å²) in [6, 6.07) is 5.39. The minimum Gasteiger partial charge on any atom is -0.469 e. The van der Waals surface area contributed by atoms with Crippen LogP contribution < -0.4 is 10.6 Å². The maximum absolute atomic E-state index is 14.0. The zero-order chi connectivity index (χ0) is 17.8. The molecule has 2 heterocycles. The Kier molecular flexibility index (Phi) is 5.11. The number of nitrogens with one attached hydrogen (secondary N) is 2. The van der Waals surface area contributed by atoms with Crippen LogP contribution >= 0.6 is 0 Å². The van der Waals surface area contributed by atoms with Crippen molar-refractivity contribution in [2.24, 2.45) is 0 Å². The molecule has 2 aromatic rings. The van der Waals surface area contributed by atoms with E-state index < -0.39 is 23.7 Å². The number of rotatable bonds is 4. The van der Waals surface area contributed by atoms with Crippen LogP contribution in [0.4, 0.5) is 15.8 Å². The van der Waals surface area contributed by atoms with E-state index in [4.69, 9.17) is 13.9 Å². The van der Waals surface area contributed by atoms with Crippen molar-refractivity contribution in [2.45, 2.75) is 13.0 Å². The Morgan fingerprint density at radius 1 is 1.20 bits per heavy atom. The highest BCUT2D eigenvalue weighted by atomic mass is 19.1. The van der Waals surface area contributed by atoms with Crippen LogP contribution in [0.25, 0.3) is 0 Å². The summed E-state index contributed by atoms with van der Waals surface area (Å²) in [4.78, 5) is 24.3. The number of furan rings is 1. The lowest BCUT2D eigenvalue weighted by Gasteiger charge is -2.22. The van der Waals surface area contributed by atoms with Gasteiger partial charge in [0.05, 0.1) is 37.3 Å². The number of aryl methyl sites for hydroxylation is 1. The Balaban J connectivity index is 1.70. The molecule has 0 aliphatic carbocycles. The summed E-state index contributed by atoms with van der Waals surface area (Å²) < 4.78 is 29.5. The summed E-state index contributed by atoms with van der Waals surface area (Å²) in [5, 5.41) is 5.08. The lowest BCUT2D eigenvalue weighted by molar-refractivity contribution is -0.142. The van der Waals surface area contributed by atoms with Gasteiger partial charge >= 0.3 is 0 Å². The largest absolute Gasteiger partial charge is 0.469 e. The first kappa shape index (κ1) is 17.1. The summed E-state index contributed by atoms with van der Waals surface area (Å²) in [7, 11) is 0. The van der Waals surface area contributed by atoms with Crippen LogP contribution in [-0.2, 0) is 14.3 Å². The second kappa shape index (κ2) is 7.45. The fourth-order valence-corrected chi connectivity index (χ4v) is 2.37. The Morgan fingerprint density at radius 3 is 2.72 bits per heavy atom. The fraction of sp³-hybridized carbons (Fsp3) is 0.294. The van der Waals surface area contributed by atoms with E-state index in [0.717, 1.165) is 6.07 Å². The zero-order valence-corrected chi connectivity index (χ0v) is 13.5. The third kappa shape index (κ3) is 4.04. The molecular weight excluding hydrogens is 331 g/mol. The number of carbonyl (C=O) groups is 2. The van der Waals surface area contributed by atoms with Gasteiger partial charge in [0.25, 0.3) is 11.8 Å². The summed E-state index contributed by atoms with van der Waals surface area (Å²) >= 11 is 0. The van der Waals surface area contributed by atoms with E-state index in [1.54, 1.807) is 6.92 Å². The van der Waals surface area contributed by atoms with Crippen molar-refractivity contribution in [2.75, 3.05) is 30.5 Å². The molecule has 2 amide bonds. The van der Waals surface area contributed by atoms with Crippen molar-refractivity contribution < 1.29 is 27.9 Å². The van der Waals surface area contributed by atoms with Gasteiger partial charge in [0.2, 0.25) is 0 Å². The molecule has 2 N–H and O–H groups in total. The molecule has 0 spiro atoms. The van der Waals surface area contributed by atoms with Crippen molar-refractivity contribution >= 4 is 23.2 Å². The topological polar surface area (TPSA) is 89.8 Å². The van der Waals surface area contributed by atoms with Gasteiger partial charge in [-0.15, -0.1) is 0 Å². The Hall–Kier alpha value is -2.71. The van der Waals surface area contributed by atoms with Gasteiger partial charge in [0.1, 0.15) is 11.6 Å². The Bertz CT molecular complexity index is 783. The molecule has 1 fully saturated rings. The predicted octanol–water partition coefficient (Wildman–Crippen LogP) is 2.33. The molecule has 1 aliphatic rings. The first-order valence-corrected chi connectivity index (χ1v) is 7.70. The SMILES string of the molecule is Cc1occc1C(=O)Nc1cc(NC(=O)[C@H]2COCCO2)ccc1F. The van der Waals surface area contributed by atoms with Gasteiger partial charge < -0.3 is 24.5 Å². The van der Waals surface area contributed by atoms with Gasteiger partial charge in [-0.1, -0.05) is 0 Å². The van der Waals surface area contributed by atoms with Crippen molar-refractivity contribution in [3.05, 3.63) is 47.7 Å². The van der Waals surface area contributed by atoms with E-state index in [0.29, 0.717) is 30.2 Å². The summed E-state index contributed by atoms with van der Waals surface area (Å²) in [6.07, 6.45) is 0.661. The molecule has 0 saturated carbocycles. The van der Waals surface area contributed by atoms with Crippen molar-refractivity contribution in [1.82, 2.24) is 0 Å². The summed E-state index contributed by atoms with van der Waals surface area (Å²) in [5.74, 6) is -1.09. The third-order valence-corrected chi connectivity index (χ3v) is 3.69. The Morgan fingerprint density at radius 2 is 2.04 bits per heavy atom. The van der Waals surface area contributed by atoms with Gasteiger partial charge in [0, 0.05) is 5.69 Å². The second-order valence-electron chi connectivity index (χ2n) is 5.46. The van der Waals surface area contributed by atoms with E-state index in [-0.39, 0.29) is 12.3 Å². The monoisotopic (exact) mass is 348 g/mol. The average molecular weight is 348 g/mol. The number of ether oxygens (including phenoxy) is 2. The number of anilines is 2. The number of hydrogen-bond donors (Lipinski definition) is 2. The van der Waals surface area contributed by atoms with E-state index in [1.807, 2.05) is 0 Å². The van der Waals surface area contributed by atoms with Crippen LogP contribution in [-0.4, -0.2) is 37.7 Å². The molecule has 3 rings (SSSR count). The van der Waals surface area contributed by atoms with Crippen molar-refractivity contribution in [3.63, 3.8) is 0 Å². The number of benzene rings is 1. The van der Waals surface area contributed by atoms with E-state index in [2.05, 4.69) is 10.6 Å². The molecule has 8 heteroatoms. The standard InChI is InChI=1S/C17H17FN2O5/c1-10-12(4-5-24-10)16(21)20-14-8-11(2-3-13(14)18)19-17(22)15-9-23-6-7-25-15/h2-5,8,15H,6-7,9H2,1H3,(H,19,22)(H,20,21)/t15-/m1/s1. The molecule has 1 saturated heterocycles. The molecule has 1 atom stereocenters. The third-order valence-electron chi connectivity index (χ3n) is 3.69. The summed E-state index contributed by atoms with van der Waals surface area (Å²) in [6.45, 7) is 2.58. The van der Waals surface area contributed by atoms with Crippen LogP contribution in [0.15, 0.2) is 34.9 Å². The minimum atomic E-state index is -0.717. The second-order valence-corrected chi connectivity index (χ2v) is 5.46. The van der Waals surface area contributed by atoms with Crippen LogP contribution in [0.1, 0.15) is 16.1 Å². The van der Waals surface area contributed by atoms with Gasteiger partial charge in [-0.25, -0.2) is 4.39 Å². The number of hydrogen-bond acceptors (Lipinski definition) is 5. The van der Waals surface area contributed by atoms with Crippen molar-refractivity contribution in [3.8, 4) is 0 Å². The molecule has 0 radical (unpaired) electrons. The minimum absolute atomic E-state index is 0.0517. The highest BCUT2D eigenvalue weighted by Crippen LogP contribution is 2.22. The normalized spacial score (nSPS) is 17.1. The number of amides is 2. The highest BCUT2D eigenvalue weighted by molar-refractivity contribution is 6.05. The van der Waals surface area contributed by atoms with Gasteiger partial charge in [-0.3, -0.25) is 9.59 Å². The van der Waals surface area contributed by atoms with Crippen LogP contribution in [0.2, 0.25) is 0 Å². The quantitative estimate of drug-likeness (QED) is 0.885.